The van der Waals surface area contributed by atoms with Gasteiger partial charge in [-0.15, -0.1) is 0 Å². The van der Waals surface area contributed by atoms with Crippen molar-refractivity contribution in [2.75, 3.05) is 18.9 Å². The van der Waals surface area contributed by atoms with Crippen LogP contribution in [0.2, 0.25) is 0 Å². The molecule has 1 amide bonds. The third-order valence-electron chi connectivity index (χ3n) is 5.68. The van der Waals surface area contributed by atoms with Crippen LogP contribution in [0.4, 0.5) is 4.79 Å². The normalized spacial score (nSPS) is 16.5. The van der Waals surface area contributed by atoms with Gasteiger partial charge in [0.2, 0.25) is 0 Å². The van der Waals surface area contributed by atoms with E-state index in [9.17, 15) is 13.2 Å². The molecule has 0 saturated carbocycles. The van der Waals surface area contributed by atoms with Crippen LogP contribution in [0.3, 0.4) is 0 Å². The Kier molecular flexibility index (Phi) is 7.80. The molecule has 1 atom stereocenters. The molecular weight excluding hydrogens is 480 g/mol. The lowest BCUT2D eigenvalue weighted by Crippen LogP contribution is -2.35. The average Bonchev–Trinajstić information content (AvgIpc) is 2.83. The third-order valence-corrected chi connectivity index (χ3v) is 7.43. The number of benzene rings is 2. The van der Waals surface area contributed by atoms with Gasteiger partial charge in [0.1, 0.15) is 11.4 Å². The van der Waals surface area contributed by atoms with Gasteiger partial charge in [-0.05, 0) is 75.1 Å². The van der Waals surface area contributed by atoms with Crippen LogP contribution in [0, 0.1) is 0 Å². The van der Waals surface area contributed by atoms with Crippen molar-refractivity contribution < 1.29 is 27.4 Å². The molecule has 4 rings (SSSR count). The molecule has 3 aromatic rings. The zero-order chi connectivity index (χ0) is 25.8. The molecule has 2 heterocycles. The van der Waals surface area contributed by atoms with Crippen molar-refractivity contribution in [1.82, 2.24) is 10.3 Å². The van der Waals surface area contributed by atoms with Crippen molar-refractivity contribution in [3.63, 3.8) is 0 Å². The second-order valence-electron chi connectivity index (χ2n) is 9.76. The monoisotopic (exact) mass is 512 g/mol. The number of nitrogens with zero attached hydrogens (tertiary/aromatic N) is 1. The van der Waals surface area contributed by atoms with E-state index in [4.69, 9.17) is 14.2 Å². The lowest BCUT2D eigenvalue weighted by atomic mass is 10.0. The molecule has 0 aliphatic carbocycles. The van der Waals surface area contributed by atoms with Gasteiger partial charge in [-0.25, -0.2) is 13.2 Å². The Morgan fingerprint density at radius 2 is 1.89 bits per heavy atom. The third kappa shape index (κ3) is 6.73. The van der Waals surface area contributed by atoms with Crippen LogP contribution in [-0.2, 0) is 19.3 Å². The minimum atomic E-state index is -3.72. The smallest absolute Gasteiger partial charge is 0.407 e. The molecule has 0 radical (unpaired) electrons. The van der Waals surface area contributed by atoms with Gasteiger partial charge in [-0.1, -0.05) is 12.1 Å². The number of ether oxygens (including phenoxy) is 3. The van der Waals surface area contributed by atoms with Crippen LogP contribution in [0.5, 0.6) is 5.75 Å². The second-order valence-corrected chi connectivity index (χ2v) is 11.8. The molecule has 0 spiro atoms. The van der Waals surface area contributed by atoms with E-state index in [1.54, 1.807) is 45.3 Å². The molecule has 8 nitrogen and oxygen atoms in total. The number of fused-ring (bicyclic) bond motifs is 1. The highest BCUT2D eigenvalue weighted by atomic mass is 32.2. The number of hydrogen-bond donors (Lipinski definition) is 1. The van der Waals surface area contributed by atoms with Crippen molar-refractivity contribution >= 4 is 26.7 Å². The summed E-state index contributed by atoms with van der Waals surface area (Å²) in [6.45, 7) is 5.88. The first-order valence-electron chi connectivity index (χ1n) is 12.1. The first-order chi connectivity index (χ1) is 17.1. The van der Waals surface area contributed by atoms with Crippen LogP contribution in [-0.4, -0.2) is 50.3 Å². The van der Waals surface area contributed by atoms with Crippen LogP contribution < -0.4 is 10.1 Å². The minimum Gasteiger partial charge on any atom is -0.465 e. The molecule has 2 aromatic carbocycles. The molecule has 0 bridgehead atoms. The van der Waals surface area contributed by atoms with E-state index in [1.807, 2.05) is 30.3 Å². The molecule has 1 fully saturated rings. The molecule has 1 saturated heterocycles. The number of amides is 1. The molecule has 192 valence electrons. The number of aromatic nitrogens is 1. The highest BCUT2D eigenvalue weighted by Crippen LogP contribution is 2.32. The molecule has 1 aliphatic rings. The summed E-state index contributed by atoms with van der Waals surface area (Å²) in [7, 11) is -3.72. The number of nitrogens with one attached hydrogen (secondary N) is 1. The van der Waals surface area contributed by atoms with Gasteiger partial charge in [0.15, 0.2) is 16.1 Å². The topological polar surface area (TPSA) is 104 Å². The maximum absolute atomic E-state index is 13.3. The lowest BCUT2D eigenvalue weighted by Gasteiger charge is -2.23. The highest BCUT2D eigenvalue weighted by molar-refractivity contribution is 7.91. The van der Waals surface area contributed by atoms with E-state index in [2.05, 4.69) is 10.3 Å². The van der Waals surface area contributed by atoms with Crippen molar-refractivity contribution in [1.29, 1.82) is 0 Å². The van der Waals surface area contributed by atoms with Gasteiger partial charge in [-0.2, -0.15) is 0 Å². The second kappa shape index (κ2) is 10.8. The van der Waals surface area contributed by atoms with Gasteiger partial charge in [0, 0.05) is 36.1 Å². The number of alkyl carbamates (subject to hydrolysis) is 1. The van der Waals surface area contributed by atoms with Gasteiger partial charge < -0.3 is 19.5 Å². The molecule has 1 aliphatic heterocycles. The minimum absolute atomic E-state index is 0.0661. The molecule has 36 heavy (non-hydrogen) atoms. The first kappa shape index (κ1) is 25.9. The Morgan fingerprint density at radius 3 is 2.58 bits per heavy atom. The zero-order valence-electron chi connectivity index (χ0n) is 20.8. The Bertz CT molecular complexity index is 1310. The van der Waals surface area contributed by atoms with Gasteiger partial charge in [0.25, 0.3) is 0 Å². The van der Waals surface area contributed by atoms with E-state index in [1.165, 1.54) is 0 Å². The molecule has 1 aromatic heterocycles. The van der Waals surface area contributed by atoms with E-state index in [0.717, 1.165) is 30.4 Å². The SMILES string of the molecule is CC(C)(C)OC(=O)NCCS(=O)(=O)c1cc(-c2ccc(OC3CCCCO3)cc2)cc2cnccc12. The Hall–Kier alpha value is -3.17. The highest BCUT2D eigenvalue weighted by Gasteiger charge is 2.21. The zero-order valence-corrected chi connectivity index (χ0v) is 21.6. The summed E-state index contributed by atoms with van der Waals surface area (Å²) >= 11 is 0. The number of hydrogen-bond acceptors (Lipinski definition) is 7. The number of carbonyl (C=O) groups is 1. The summed E-state index contributed by atoms with van der Waals surface area (Å²) in [6, 6.07) is 12.8. The fourth-order valence-electron chi connectivity index (χ4n) is 3.99. The van der Waals surface area contributed by atoms with Crippen molar-refractivity contribution in [2.24, 2.45) is 0 Å². The number of carbonyl (C=O) groups excluding carboxylic acids is 1. The average molecular weight is 513 g/mol. The van der Waals surface area contributed by atoms with Gasteiger partial charge in [-0.3, -0.25) is 4.98 Å². The van der Waals surface area contributed by atoms with E-state index >= 15 is 0 Å². The molecule has 9 heteroatoms. The van der Waals surface area contributed by atoms with Crippen molar-refractivity contribution in [3.8, 4) is 16.9 Å². The maximum atomic E-state index is 13.3. The summed E-state index contributed by atoms with van der Waals surface area (Å²) < 4.78 is 43.4. The van der Waals surface area contributed by atoms with Gasteiger partial charge in [0.05, 0.1) is 17.3 Å². The summed E-state index contributed by atoms with van der Waals surface area (Å²) in [5.74, 6) is 0.440. The number of pyridine rings is 1. The summed E-state index contributed by atoms with van der Waals surface area (Å²) in [5, 5.41) is 3.82. The predicted molar refractivity (Wildman–Crippen MR) is 138 cm³/mol. The van der Waals surface area contributed by atoms with Crippen LogP contribution >= 0.6 is 0 Å². The van der Waals surface area contributed by atoms with Crippen molar-refractivity contribution in [2.45, 2.75) is 56.8 Å². The first-order valence-corrected chi connectivity index (χ1v) is 13.7. The Morgan fingerprint density at radius 1 is 1.11 bits per heavy atom. The summed E-state index contributed by atoms with van der Waals surface area (Å²) in [6.07, 6.45) is 5.33. The van der Waals surface area contributed by atoms with Crippen LogP contribution in [0.15, 0.2) is 59.8 Å². The fraction of sp³-hybridized carbons (Fsp3) is 0.407. The van der Waals surface area contributed by atoms with E-state index in [-0.39, 0.29) is 23.5 Å². The maximum Gasteiger partial charge on any atom is 0.407 e. The van der Waals surface area contributed by atoms with E-state index < -0.39 is 21.5 Å². The summed E-state index contributed by atoms with van der Waals surface area (Å²) in [4.78, 5) is 16.3. The molecular formula is C27H32N2O6S. The lowest BCUT2D eigenvalue weighted by molar-refractivity contribution is -0.105. The molecule has 1 N–H and O–H groups in total. The van der Waals surface area contributed by atoms with Gasteiger partial charge >= 0.3 is 6.09 Å². The predicted octanol–water partition coefficient (Wildman–Crippen LogP) is 5.11. The quantitative estimate of drug-likeness (QED) is 0.469. The number of sulfone groups is 1. The fourth-order valence-corrected chi connectivity index (χ4v) is 5.41. The molecule has 1 unspecified atom stereocenters. The van der Waals surface area contributed by atoms with E-state index in [0.29, 0.717) is 23.1 Å². The Balaban J connectivity index is 1.55. The van der Waals surface area contributed by atoms with Crippen LogP contribution in [0.1, 0.15) is 40.0 Å². The van der Waals surface area contributed by atoms with Crippen LogP contribution in [0.25, 0.3) is 21.9 Å². The Labute approximate surface area is 211 Å². The van der Waals surface area contributed by atoms with Crippen molar-refractivity contribution in [3.05, 3.63) is 54.9 Å². The summed E-state index contributed by atoms with van der Waals surface area (Å²) in [5.41, 5.74) is 0.931. The largest absolute Gasteiger partial charge is 0.465 e. The number of rotatable bonds is 7. The standard InChI is InChI=1S/C27H32N2O6S/c1-27(2,3)35-26(30)29-13-15-36(31,32)24-17-20(16-21-18-28-12-11-23(21)24)19-7-9-22(10-8-19)34-25-6-4-5-14-33-25/h7-12,16-18,25H,4-6,13-15H2,1-3H3,(H,29,30).